The molecular formula is C30H45N3O2. The molecule has 5 nitrogen and oxygen atoms in total. The highest BCUT2D eigenvalue weighted by molar-refractivity contribution is 5.85. The molecule has 1 amide bonds. The number of aromatic nitrogens is 1. The summed E-state index contributed by atoms with van der Waals surface area (Å²) < 4.78 is 6.57. The molecule has 1 aromatic heterocycles. The Kier molecular flexibility index (Phi) is 8.69. The number of ether oxygens (including phenoxy) is 1. The van der Waals surface area contributed by atoms with Gasteiger partial charge in [0.15, 0.2) is 0 Å². The molecule has 1 saturated heterocycles. The average molecular weight is 480 g/mol. The van der Waals surface area contributed by atoms with Crippen molar-refractivity contribution in [2.75, 3.05) is 19.6 Å². The van der Waals surface area contributed by atoms with Gasteiger partial charge in [-0.15, -0.1) is 0 Å². The zero-order chi connectivity index (χ0) is 24.8. The van der Waals surface area contributed by atoms with Gasteiger partial charge in [0.25, 0.3) is 0 Å². The first-order valence-corrected chi connectivity index (χ1v) is 13.9. The zero-order valence-electron chi connectivity index (χ0n) is 22.3. The van der Waals surface area contributed by atoms with Crippen LogP contribution < -0.4 is 10.1 Å². The molecule has 1 aliphatic carbocycles. The van der Waals surface area contributed by atoms with Gasteiger partial charge in [0.05, 0.1) is 0 Å². The summed E-state index contributed by atoms with van der Waals surface area (Å²) in [6.45, 7) is 11.8. The number of hydrogen-bond acceptors (Lipinski definition) is 4. The van der Waals surface area contributed by atoms with E-state index in [0.717, 1.165) is 68.9 Å². The van der Waals surface area contributed by atoms with Gasteiger partial charge in [-0.3, -0.25) is 9.78 Å². The molecule has 192 valence electrons. The van der Waals surface area contributed by atoms with E-state index in [1.54, 1.807) is 0 Å². The first kappa shape index (κ1) is 25.9. The molecule has 0 bridgehead atoms. The van der Waals surface area contributed by atoms with Crippen LogP contribution in [-0.4, -0.2) is 47.1 Å². The van der Waals surface area contributed by atoms with Crippen molar-refractivity contribution in [3.8, 4) is 5.75 Å². The summed E-state index contributed by atoms with van der Waals surface area (Å²) in [5.74, 6) is 2.12. The van der Waals surface area contributed by atoms with Crippen LogP contribution in [0.3, 0.4) is 0 Å². The number of carbonyl (C=O) groups is 1. The fourth-order valence-corrected chi connectivity index (χ4v) is 5.67. The molecule has 4 rings (SSSR count). The number of unbranched alkanes of at least 4 members (excludes halogenated alkanes) is 1. The lowest BCUT2D eigenvalue weighted by Gasteiger charge is -2.37. The molecule has 5 heteroatoms. The third-order valence-electron chi connectivity index (χ3n) is 7.61. The van der Waals surface area contributed by atoms with Gasteiger partial charge in [0, 0.05) is 42.7 Å². The molecule has 2 aliphatic rings. The van der Waals surface area contributed by atoms with E-state index in [1.807, 2.05) is 12.3 Å². The summed E-state index contributed by atoms with van der Waals surface area (Å²) in [6, 6.07) is 8.66. The van der Waals surface area contributed by atoms with Gasteiger partial charge in [0.2, 0.25) is 5.91 Å². The monoisotopic (exact) mass is 479 g/mol. The lowest BCUT2D eigenvalue weighted by molar-refractivity contribution is -0.127. The summed E-state index contributed by atoms with van der Waals surface area (Å²) in [4.78, 5) is 19.8. The van der Waals surface area contributed by atoms with E-state index in [0.29, 0.717) is 0 Å². The topological polar surface area (TPSA) is 54.5 Å². The van der Waals surface area contributed by atoms with Gasteiger partial charge < -0.3 is 15.0 Å². The van der Waals surface area contributed by atoms with Gasteiger partial charge in [0.1, 0.15) is 17.4 Å². The molecule has 2 fully saturated rings. The van der Waals surface area contributed by atoms with Gasteiger partial charge in [-0.05, 0) is 102 Å². The standard InChI is InChI=1S/C30H45N3O2/c1-5-6-8-23-19-25-9-7-16-31-28(25)27(20-23)35-26-14-17-33(18-15-26)21-22-10-12-24(13-11-22)29(34)32-30(2,3)4/h7,9,16,19-20,22,24,26H,5-6,8,10-15,17-18,21H2,1-4H3,(H,32,34). The fraction of sp³-hybridized carbons (Fsp3) is 0.667. The van der Waals surface area contributed by atoms with E-state index < -0.39 is 0 Å². The molecule has 0 atom stereocenters. The summed E-state index contributed by atoms with van der Waals surface area (Å²) in [7, 11) is 0. The second-order valence-corrected chi connectivity index (χ2v) is 11.8. The summed E-state index contributed by atoms with van der Waals surface area (Å²) in [5.41, 5.74) is 2.20. The molecule has 2 aromatic rings. The van der Waals surface area contributed by atoms with Crippen molar-refractivity contribution in [2.24, 2.45) is 11.8 Å². The predicted molar refractivity (Wildman–Crippen MR) is 144 cm³/mol. The Hall–Kier alpha value is -2.14. The molecule has 0 radical (unpaired) electrons. The largest absolute Gasteiger partial charge is 0.488 e. The third-order valence-corrected chi connectivity index (χ3v) is 7.61. The summed E-state index contributed by atoms with van der Waals surface area (Å²) in [5, 5.41) is 4.35. The van der Waals surface area contributed by atoms with Gasteiger partial charge in [-0.25, -0.2) is 0 Å². The van der Waals surface area contributed by atoms with Crippen LogP contribution in [0.4, 0.5) is 0 Å². The number of likely N-dealkylation sites (tertiary alicyclic amines) is 1. The van der Waals surface area contributed by atoms with Crippen molar-refractivity contribution in [3.05, 3.63) is 36.0 Å². The number of benzene rings is 1. The number of piperidine rings is 1. The van der Waals surface area contributed by atoms with Crippen LogP contribution in [0.15, 0.2) is 30.5 Å². The Bertz CT molecular complexity index is 967. The summed E-state index contributed by atoms with van der Waals surface area (Å²) >= 11 is 0. The van der Waals surface area contributed by atoms with Crippen molar-refractivity contribution >= 4 is 16.8 Å². The molecule has 2 heterocycles. The normalized spacial score (nSPS) is 22.3. The average Bonchev–Trinajstić information content (AvgIpc) is 2.83. The number of aryl methyl sites for hydroxylation is 1. The van der Waals surface area contributed by atoms with Crippen LogP contribution in [0.2, 0.25) is 0 Å². The minimum atomic E-state index is -0.139. The van der Waals surface area contributed by atoms with E-state index >= 15 is 0 Å². The van der Waals surface area contributed by atoms with E-state index in [4.69, 9.17) is 4.74 Å². The third kappa shape index (κ3) is 7.42. The first-order valence-electron chi connectivity index (χ1n) is 13.9. The Balaban J connectivity index is 1.26. The van der Waals surface area contributed by atoms with E-state index in [1.165, 1.54) is 36.6 Å². The second-order valence-electron chi connectivity index (χ2n) is 11.8. The Morgan fingerprint density at radius 3 is 2.54 bits per heavy atom. The lowest BCUT2D eigenvalue weighted by Crippen LogP contribution is -2.45. The molecule has 35 heavy (non-hydrogen) atoms. The number of nitrogens with zero attached hydrogens (tertiary/aromatic N) is 2. The number of hydrogen-bond donors (Lipinski definition) is 1. The van der Waals surface area contributed by atoms with Crippen molar-refractivity contribution in [2.45, 2.75) is 97.1 Å². The number of pyridine rings is 1. The van der Waals surface area contributed by atoms with Crippen LogP contribution in [0.25, 0.3) is 10.9 Å². The quantitative estimate of drug-likeness (QED) is 0.494. The van der Waals surface area contributed by atoms with Crippen LogP contribution in [0.1, 0.15) is 84.6 Å². The molecule has 0 unspecified atom stereocenters. The maximum Gasteiger partial charge on any atom is 0.223 e. The van der Waals surface area contributed by atoms with Crippen LogP contribution in [0.5, 0.6) is 5.75 Å². The van der Waals surface area contributed by atoms with Gasteiger partial charge in [-0.1, -0.05) is 19.4 Å². The molecule has 1 saturated carbocycles. The van der Waals surface area contributed by atoms with Crippen LogP contribution in [-0.2, 0) is 11.2 Å². The summed E-state index contributed by atoms with van der Waals surface area (Å²) in [6.07, 6.45) is 12.1. The first-order chi connectivity index (χ1) is 16.8. The number of amides is 1. The molecule has 0 spiro atoms. The maximum absolute atomic E-state index is 12.5. The Morgan fingerprint density at radius 2 is 1.86 bits per heavy atom. The lowest BCUT2D eigenvalue weighted by atomic mass is 9.81. The molecule has 1 aromatic carbocycles. The highest BCUT2D eigenvalue weighted by Gasteiger charge is 2.30. The van der Waals surface area contributed by atoms with Crippen molar-refractivity contribution in [1.82, 2.24) is 15.2 Å². The minimum Gasteiger partial charge on any atom is -0.488 e. The van der Waals surface area contributed by atoms with E-state index in [2.05, 4.69) is 61.1 Å². The number of rotatable bonds is 8. The van der Waals surface area contributed by atoms with Crippen molar-refractivity contribution < 1.29 is 9.53 Å². The second kappa shape index (κ2) is 11.7. The van der Waals surface area contributed by atoms with Crippen LogP contribution >= 0.6 is 0 Å². The van der Waals surface area contributed by atoms with Crippen molar-refractivity contribution in [3.63, 3.8) is 0 Å². The molecule has 1 N–H and O–H groups in total. The minimum absolute atomic E-state index is 0.139. The van der Waals surface area contributed by atoms with Crippen molar-refractivity contribution in [1.29, 1.82) is 0 Å². The molecular weight excluding hydrogens is 434 g/mol. The number of nitrogens with one attached hydrogen (secondary N) is 1. The SMILES string of the molecule is CCCCc1cc(OC2CCN(CC3CCC(C(=O)NC(C)(C)C)CC3)CC2)c2ncccc2c1. The van der Waals surface area contributed by atoms with Gasteiger partial charge in [-0.2, -0.15) is 0 Å². The Labute approximate surface area is 212 Å². The van der Waals surface area contributed by atoms with E-state index in [-0.39, 0.29) is 23.5 Å². The van der Waals surface area contributed by atoms with Gasteiger partial charge >= 0.3 is 0 Å². The highest BCUT2D eigenvalue weighted by Crippen LogP contribution is 2.32. The number of fused-ring (bicyclic) bond motifs is 1. The zero-order valence-corrected chi connectivity index (χ0v) is 22.3. The predicted octanol–water partition coefficient (Wildman–Crippen LogP) is 6.14. The smallest absolute Gasteiger partial charge is 0.223 e. The maximum atomic E-state index is 12.5. The number of carbonyl (C=O) groups excluding carboxylic acids is 1. The molecule has 1 aliphatic heterocycles. The fourth-order valence-electron chi connectivity index (χ4n) is 5.67. The van der Waals surface area contributed by atoms with E-state index in [9.17, 15) is 4.79 Å². The van der Waals surface area contributed by atoms with Crippen LogP contribution in [0, 0.1) is 11.8 Å². The Morgan fingerprint density at radius 1 is 1.11 bits per heavy atom. The highest BCUT2D eigenvalue weighted by atomic mass is 16.5.